The second-order valence-electron chi connectivity index (χ2n) is 6.61. The fourth-order valence-electron chi connectivity index (χ4n) is 3.11. The number of hydrogen-bond donors (Lipinski definition) is 1. The lowest BCUT2D eigenvalue weighted by molar-refractivity contribution is -0.121. The summed E-state index contributed by atoms with van der Waals surface area (Å²) >= 11 is 0. The van der Waals surface area contributed by atoms with Gasteiger partial charge in [-0.2, -0.15) is 0 Å². The third-order valence-electron chi connectivity index (χ3n) is 4.40. The third-order valence-corrected chi connectivity index (χ3v) is 4.40. The van der Waals surface area contributed by atoms with Crippen LogP contribution in [0.4, 0.5) is 0 Å². The zero-order valence-corrected chi connectivity index (χ0v) is 15.0. The summed E-state index contributed by atoms with van der Waals surface area (Å²) in [5, 5.41) is 11.0. The van der Waals surface area contributed by atoms with Crippen LogP contribution in [0, 0.1) is 0 Å². The molecule has 8 heteroatoms. The number of carbonyl (C=O) groups excluding carboxylic acids is 1. The normalized spacial score (nSPS) is 11.5. The van der Waals surface area contributed by atoms with E-state index < -0.39 is 0 Å². The number of furan rings is 1. The molecule has 4 rings (SSSR count). The molecule has 0 spiro atoms. The molecule has 1 N–H and O–H groups in total. The molecule has 8 nitrogen and oxygen atoms in total. The van der Waals surface area contributed by atoms with Crippen molar-refractivity contribution in [1.82, 2.24) is 24.5 Å². The number of rotatable bonds is 5. The second kappa shape index (κ2) is 6.71. The van der Waals surface area contributed by atoms with Gasteiger partial charge >= 0.3 is 0 Å². The van der Waals surface area contributed by atoms with Crippen LogP contribution in [0.3, 0.4) is 0 Å². The maximum atomic E-state index is 13.0. The van der Waals surface area contributed by atoms with E-state index in [9.17, 15) is 9.59 Å². The SMILES string of the molecule is CC(C)c1nnc2c(=O)n(CC(=O)NCc3ccco3)c3ccccc3n12. The highest BCUT2D eigenvalue weighted by Crippen LogP contribution is 2.19. The number of para-hydroxylation sites is 2. The monoisotopic (exact) mass is 365 g/mol. The minimum atomic E-state index is -0.346. The summed E-state index contributed by atoms with van der Waals surface area (Å²) in [6.07, 6.45) is 1.55. The molecule has 0 fully saturated rings. The molecule has 3 heterocycles. The second-order valence-corrected chi connectivity index (χ2v) is 6.61. The van der Waals surface area contributed by atoms with E-state index in [2.05, 4.69) is 15.5 Å². The number of nitrogens with zero attached hydrogens (tertiary/aromatic N) is 4. The zero-order valence-electron chi connectivity index (χ0n) is 15.0. The number of benzene rings is 1. The molecular weight excluding hydrogens is 346 g/mol. The van der Waals surface area contributed by atoms with Crippen molar-refractivity contribution in [3.05, 3.63) is 64.6 Å². The average molecular weight is 365 g/mol. The molecule has 4 aromatic rings. The molecule has 1 amide bonds. The largest absolute Gasteiger partial charge is 0.467 e. The third kappa shape index (κ3) is 2.99. The van der Waals surface area contributed by atoms with Crippen LogP contribution in [0.1, 0.15) is 31.4 Å². The van der Waals surface area contributed by atoms with Crippen LogP contribution in [-0.2, 0) is 17.9 Å². The lowest BCUT2D eigenvalue weighted by Gasteiger charge is -2.13. The van der Waals surface area contributed by atoms with Crippen LogP contribution in [0.15, 0.2) is 51.9 Å². The molecule has 0 bridgehead atoms. The summed E-state index contributed by atoms with van der Waals surface area (Å²) in [6.45, 7) is 4.15. The maximum absolute atomic E-state index is 13.0. The van der Waals surface area contributed by atoms with E-state index in [1.54, 1.807) is 22.8 Å². The highest BCUT2D eigenvalue weighted by Gasteiger charge is 2.19. The zero-order chi connectivity index (χ0) is 19.0. The van der Waals surface area contributed by atoms with Crippen molar-refractivity contribution in [1.29, 1.82) is 0 Å². The topological polar surface area (TPSA) is 94.4 Å². The van der Waals surface area contributed by atoms with Gasteiger partial charge in [0.15, 0.2) is 0 Å². The van der Waals surface area contributed by atoms with Crippen LogP contribution >= 0.6 is 0 Å². The highest BCUT2D eigenvalue weighted by atomic mass is 16.3. The van der Waals surface area contributed by atoms with E-state index in [-0.39, 0.29) is 36.1 Å². The first-order valence-corrected chi connectivity index (χ1v) is 8.72. The van der Waals surface area contributed by atoms with Gasteiger partial charge in [-0.15, -0.1) is 10.2 Å². The van der Waals surface area contributed by atoms with Crippen molar-refractivity contribution in [3.8, 4) is 0 Å². The molecule has 0 saturated heterocycles. The number of fused-ring (bicyclic) bond motifs is 3. The minimum Gasteiger partial charge on any atom is -0.467 e. The molecule has 0 saturated carbocycles. The Kier molecular flexibility index (Phi) is 4.23. The van der Waals surface area contributed by atoms with Gasteiger partial charge in [-0.1, -0.05) is 26.0 Å². The lowest BCUT2D eigenvalue weighted by atomic mass is 10.2. The van der Waals surface area contributed by atoms with Gasteiger partial charge in [-0.3, -0.25) is 18.6 Å². The van der Waals surface area contributed by atoms with E-state index in [0.29, 0.717) is 17.1 Å². The molecule has 3 aromatic heterocycles. The van der Waals surface area contributed by atoms with Crippen LogP contribution in [-0.4, -0.2) is 25.1 Å². The molecule has 0 atom stereocenters. The van der Waals surface area contributed by atoms with Gasteiger partial charge in [0.05, 0.1) is 23.8 Å². The fourth-order valence-corrected chi connectivity index (χ4v) is 3.11. The van der Waals surface area contributed by atoms with Crippen molar-refractivity contribution in [2.24, 2.45) is 0 Å². The molecule has 0 aliphatic heterocycles. The van der Waals surface area contributed by atoms with Crippen molar-refractivity contribution in [3.63, 3.8) is 0 Å². The summed E-state index contributed by atoms with van der Waals surface area (Å²) in [5.41, 5.74) is 1.32. The summed E-state index contributed by atoms with van der Waals surface area (Å²) in [4.78, 5) is 25.4. The molecular formula is C19H19N5O3. The Morgan fingerprint density at radius 3 is 2.63 bits per heavy atom. The highest BCUT2D eigenvalue weighted by molar-refractivity contribution is 5.82. The Hall–Kier alpha value is -3.42. The van der Waals surface area contributed by atoms with Gasteiger partial charge in [0.25, 0.3) is 5.56 Å². The number of amides is 1. The van der Waals surface area contributed by atoms with Gasteiger partial charge in [0, 0.05) is 5.92 Å². The molecule has 0 aliphatic carbocycles. The van der Waals surface area contributed by atoms with Gasteiger partial charge in [-0.05, 0) is 24.3 Å². The van der Waals surface area contributed by atoms with E-state index in [4.69, 9.17) is 4.42 Å². The Morgan fingerprint density at radius 1 is 1.15 bits per heavy atom. The summed E-state index contributed by atoms with van der Waals surface area (Å²) in [5.74, 6) is 1.18. The van der Waals surface area contributed by atoms with E-state index >= 15 is 0 Å². The fraction of sp³-hybridized carbons (Fsp3) is 0.263. The number of nitrogens with one attached hydrogen (secondary N) is 1. The lowest BCUT2D eigenvalue weighted by Crippen LogP contribution is -2.33. The Morgan fingerprint density at radius 2 is 1.93 bits per heavy atom. The van der Waals surface area contributed by atoms with E-state index in [0.717, 1.165) is 5.52 Å². The smallest absolute Gasteiger partial charge is 0.297 e. The first-order chi connectivity index (χ1) is 13.1. The van der Waals surface area contributed by atoms with Crippen molar-refractivity contribution >= 4 is 22.6 Å². The minimum absolute atomic E-state index is 0.107. The molecule has 27 heavy (non-hydrogen) atoms. The van der Waals surface area contributed by atoms with Crippen LogP contribution in [0.25, 0.3) is 16.7 Å². The Balaban J connectivity index is 1.77. The molecule has 1 aromatic carbocycles. The summed E-state index contributed by atoms with van der Waals surface area (Å²) in [7, 11) is 0. The summed E-state index contributed by atoms with van der Waals surface area (Å²) in [6, 6.07) is 11.0. The number of aromatic nitrogens is 4. The average Bonchev–Trinajstić information content (AvgIpc) is 3.33. The molecule has 138 valence electrons. The Bertz CT molecular complexity index is 1170. The van der Waals surface area contributed by atoms with Gasteiger partial charge in [0.1, 0.15) is 18.1 Å². The first-order valence-electron chi connectivity index (χ1n) is 8.72. The quantitative estimate of drug-likeness (QED) is 0.584. The number of hydrogen-bond acceptors (Lipinski definition) is 5. The van der Waals surface area contributed by atoms with Crippen molar-refractivity contribution in [2.75, 3.05) is 0 Å². The van der Waals surface area contributed by atoms with Gasteiger partial charge < -0.3 is 9.73 Å². The predicted molar refractivity (Wildman–Crippen MR) is 99.4 cm³/mol. The van der Waals surface area contributed by atoms with Gasteiger partial charge in [0.2, 0.25) is 11.6 Å². The van der Waals surface area contributed by atoms with Crippen molar-refractivity contribution < 1.29 is 9.21 Å². The van der Waals surface area contributed by atoms with E-state index in [1.165, 1.54) is 4.57 Å². The predicted octanol–water partition coefficient (Wildman–Crippen LogP) is 2.08. The molecule has 0 radical (unpaired) electrons. The number of carbonyl (C=O) groups is 1. The van der Waals surface area contributed by atoms with E-state index in [1.807, 2.05) is 38.1 Å². The van der Waals surface area contributed by atoms with Crippen LogP contribution < -0.4 is 10.9 Å². The van der Waals surface area contributed by atoms with Crippen LogP contribution in [0.2, 0.25) is 0 Å². The van der Waals surface area contributed by atoms with Crippen molar-refractivity contribution in [2.45, 2.75) is 32.9 Å². The molecule has 0 aliphatic rings. The Labute approximate surface area is 154 Å². The molecule has 0 unspecified atom stereocenters. The standard InChI is InChI=1S/C19H19N5O3/c1-12(2)17-21-22-18-19(26)23(14-7-3-4-8-15(14)24(17)18)11-16(25)20-10-13-6-5-9-27-13/h3-9,12H,10-11H2,1-2H3,(H,20,25). The van der Waals surface area contributed by atoms with Crippen LogP contribution in [0.5, 0.6) is 0 Å². The maximum Gasteiger partial charge on any atom is 0.297 e. The first kappa shape index (κ1) is 17.0. The summed E-state index contributed by atoms with van der Waals surface area (Å²) < 4.78 is 8.41. The van der Waals surface area contributed by atoms with Gasteiger partial charge in [-0.25, -0.2) is 0 Å².